The van der Waals surface area contributed by atoms with Crippen molar-refractivity contribution in [2.75, 3.05) is 6.61 Å². The van der Waals surface area contributed by atoms with Crippen molar-refractivity contribution >= 4 is 29.4 Å². The number of nitrogens with two attached hydrogens (primary N) is 1. The van der Waals surface area contributed by atoms with Crippen LogP contribution >= 0.6 is 11.6 Å². The molecule has 0 aliphatic heterocycles. The smallest absolute Gasteiger partial charge is 0.312 e. The van der Waals surface area contributed by atoms with Crippen molar-refractivity contribution in [2.45, 2.75) is 32.2 Å². The maximum Gasteiger partial charge on any atom is 0.312 e. The van der Waals surface area contributed by atoms with E-state index in [1.807, 2.05) is 12.1 Å². The minimum Gasteiger partial charge on any atom is -0.457 e. The van der Waals surface area contributed by atoms with Gasteiger partial charge in [-0.05, 0) is 29.7 Å². The molecular formula is C21H23ClN2O4. The number of benzene rings is 2. The van der Waals surface area contributed by atoms with Crippen molar-refractivity contribution in [2.24, 2.45) is 5.73 Å². The van der Waals surface area contributed by atoms with Gasteiger partial charge in [0.05, 0.1) is 12.5 Å². The number of aryl methyl sites for hydroxylation is 1. The summed E-state index contributed by atoms with van der Waals surface area (Å²) in [5.74, 6) is -0.910. The summed E-state index contributed by atoms with van der Waals surface area (Å²) in [6.07, 6.45) is 1.81. The number of urea groups is 1. The van der Waals surface area contributed by atoms with E-state index in [4.69, 9.17) is 22.1 Å². The highest BCUT2D eigenvalue weighted by atomic mass is 35.5. The molecule has 0 unspecified atom stereocenters. The molecule has 0 spiro atoms. The summed E-state index contributed by atoms with van der Waals surface area (Å²) < 4.78 is 5.09. The van der Waals surface area contributed by atoms with Crippen LogP contribution in [0.1, 0.15) is 47.3 Å². The lowest BCUT2D eigenvalue weighted by molar-refractivity contribution is -0.143. The molecule has 3 N–H and O–H groups in total. The summed E-state index contributed by atoms with van der Waals surface area (Å²) in [6.45, 7) is 1.72. The van der Waals surface area contributed by atoms with Gasteiger partial charge in [-0.15, -0.1) is 0 Å². The Morgan fingerprint density at radius 1 is 1.07 bits per heavy atom. The minimum absolute atomic E-state index is 0.159. The molecule has 2 aromatic rings. The van der Waals surface area contributed by atoms with Crippen LogP contribution in [0.4, 0.5) is 4.79 Å². The second-order valence-electron chi connectivity index (χ2n) is 6.35. The molecule has 0 bridgehead atoms. The molecule has 0 radical (unpaired) electrons. The Balaban J connectivity index is 1.93. The van der Waals surface area contributed by atoms with Crippen molar-refractivity contribution in [1.29, 1.82) is 0 Å². The molecule has 0 aliphatic rings. The molecule has 7 heteroatoms. The van der Waals surface area contributed by atoms with Crippen LogP contribution in [0.25, 0.3) is 0 Å². The quantitative estimate of drug-likeness (QED) is 0.492. The van der Waals surface area contributed by atoms with Gasteiger partial charge in [-0.2, -0.15) is 0 Å². The molecule has 2 amide bonds. The Hall–Kier alpha value is -2.86. The zero-order chi connectivity index (χ0) is 20.5. The lowest BCUT2D eigenvalue weighted by atomic mass is 10.0. The molecule has 0 heterocycles. The average Bonchev–Trinajstić information content (AvgIpc) is 2.67. The second-order valence-corrected chi connectivity index (χ2v) is 6.78. The van der Waals surface area contributed by atoms with E-state index in [0.717, 1.165) is 18.4 Å². The molecule has 0 aromatic heterocycles. The predicted molar refractivity (Wildman–Crippen MR) is 107 cm³/mol. The molecule has 0 saturated heterocycles. The van der Waals surface area contributed by atoms with Crippen molar-refractivity contribution < 1.29 is 19.1 Å². The Bertz CT molecular complexity index is 819. The van der Waals surface area contributed by atoms with E-state index < -0.39 is 18.0 Å². The van der Waals surface area contributed by atoms with Gasteiger partial charge in [0.1, 0.15) is 0 Å². The van der Waals surface area contributed by atoms with Crippen LogP contribution in [0.2, 0.25) is 5.02 Å². The first kappa shape index (κ1) is 21.4. The highest BCUT2D eigenvalue weighted by molar-refractivity contribution is 6.30. The number of esters is 1. The van der Waals surface area contributed by atoms with Crippen LogP contribution in [-0.4, -0.2) is 24.4 Å². The van der Waals surface area contributed by atoms with E-state index in [9.17, 15) is 14.4 Å². The van der Waals surface area contributed by atoms with Crippen LogP contribution < -0.4 is 11.1 Å². The number of nitrogens with one attached hydrogen (secondary N) is 1. The van der Waals surface area contributed by atoms with Crippen LogP contribution in [0.3, 0.4) is 0 Å². The van der Waals surface area contributed by atoms with Crippen molar-refractivity contribution in [1.82, 2.24) is 5.32 Å². The Labute approximate surface area is 169 Å². The number of ether oxygens (including phenoxy) is 1. The van der Waals surface area contributed by atoms with Crippen LogP contribution in [0, 0.1) is 0 Å². The fourth-order valence-corrected chi connectivity index (χ4v) is 2.85. The lowest BCUT2D eigenvalue weighted by Gasteiger charge is -2.17. The zero-order valence-electron chi connectivity index (χ0n) is 15.6. The van der Waals surface area contributed by atoms with Crippen molar-refractivity contribution in [3.05, 3.63) is 70.2 Å². The third kappa shape index (κ3) is 6.70. The summed E-state index contributed by atoms with van der Waals surface area (Å²) in [4.78, 5) is 35.6. The van der Waals surface area contributed by atoms with Gasteiger partial charge in [-0.25, -0.2) is 4.79 Å². The van der Waals surface area contributed by atoms with E-state index >= 15 is 0 Å². The summed E-state index contributed by atoms with van der Waals surface area (Å²) in [5.41, 5.74) is 7.47. The maximum absolute atomic E-state index is 12.2. The first-order valence-electron chi connectivity index (χ1n) is 8.98. The fraction of sp³-hybridized carbons (Fsp3) is 0.286. The summed E-state index contributed by atoms with van der Waals surface area (Å²) in [6, 6.07) is 12.4. The van der Waals surface area contributed by atoms with Gasteiger partial charge < -0.3 is 15.8 Å². The van der Waals surface area contributed by atoms with E-state index in [2.05, 4.69) is 12.2 Å². The number of halogens is 1. The number of rotatable bonds is 9. The molecule has 28 heavy (non-hydrogen) atoms. The van der Waals surface area contributed by atoms with Gasteiger partial charge >= 0.3 is 12.0 Å². The number of amides is 2. The predicted octanol–water partition coefficient (Wildman–Crippen LogP) is 3.82. The summed E-state index contributed by atoms with van der Waals surface area (Å²) in [5, 5.41) is 3.02. The zero-order valence-corrected chi connectivity index (χ0v) is 16.4. The minimum atomic E-state index is -0.768. The highest BCUT2D eigenvalue weighted by Crippen LogP contribution is 2.20. The molecule has 1 atom stereocenters. The maximum atomic E-state index is 12.2. The van der Waals surface area contributed by atoms with Gasteiger partial charge in [-0.1, -0.05) is 61.3 Å². The van der Waals surface area contributed by atoms with Gasteiger partial charge in [0.2, 0.25) is 0 Å². The number of hydrogen-bond acceptors (Lipinski definition) is 4. The third-order valence-electron chi connectivity index (χ3n) is 4.14. The first-order valence-corrected chi connectivity index (χ1v) is 9.36. The molecule has 0 fully saturated rings. The van der Waals surface area contributed by atoms with Crippen molar-refractivity contribution in [3.63, 3.8) is 0 Å². The number of ketones is 1. The number of carbonyl (C=O) groups excluding carboxylic acids is 3. The second kappa shape index (κ2) is 10.5. The first-order chi connectivity index (χ1) is 13.4. The molecule has 0 saturated carbocycles. The third-order valence-corrected chi connectivity index (χ3v) is 4.39. The lowest BCUT2D eigenvalue weighted by Crippen LogP contribution is -2.34. The normalized spacial score (nSPS) is 11.5. The number of primary amides is 1. The summed E-state index contributed by atoms with van der Waals surface area (Å²) >= 11 is 5.86. The van der Waals surface area contributed by atoms with Gasteiger partial charge in [0.15, 0.2) is 12.4 Å². The van der Waals surface area contributed by atoms with Crippen LogP contribution in [0.5, 0.6) is 0 Å². The topological polar surface area (TPSA) is 98.5 Å². The number of Topliss-reactive ketones (excluding diaryl/α,β-unsaturated/α-hetero) is 1. The molecular weight excluding hydrogens is 380 g/mol. The monoisotopic (exact) mass is 402 g/mol. The molecule has 0 aliphatic carbocycles. The fourth-order valence-electron chi connectivity index (χ4n) is 2.72. The number of carbonyl (C=O) groups is 3. The van der Waals surface area contributed by atoms with Gasteiger partial charge in [0, 0.05) is 10.6 Å². The highest BCUT2D eigenvalue weighted by Gasteiger charge is 2.19. The Morgan fingerprint density at radius 2 is 1.71 bits per heavy atom. The largest absolute Gasteiger partial charge is 0.457 e. The molecule has 6 nitrogen and oxygen atoms in total. The SMILES string of the molecule is CCCc1ccc(C(=O)COC(=O)C[C@H](NC(N)=O)c2ccc(Cl)cc2)cc1. The van der Waals surface area contributed by atoms with Crippen LogP contribution in [-0.2, 0) is 16.0 Å². The van der Waals surface area contributed by atoms with Crippen LogP contribution in [0.15, 0.2) is 48.5 Å². The Morgan fingerprint density at radius 3 is 2.29 bits per heavy atom. The molecule has 148 valence electrons. The Kier molecular flexibility index (Phi) is 8.02. The van der Waals surface area contributed by atoms with Gasteiger partial charge in [0.25, 0.3) is 0 Å². The van der Waals surface area contributed by atoms with E-state index in [1.54, 1.807) is 36.4 Å². The van der Waals surface area contributed by atoms with Crippen molar-refractivity contribution in [3.8, 4) is 0 Å². The number of hydrogen-bond donors (Lipinski definition) is 2. The molecule has 2 rings (SSSR count). The molecule has 2 aromatic carbocycles. The van der Waals surface area contributed by atoms with E-state index in [1.165, 1.54) is 0 Å². The van der Waals surface area contributed by atoms with Gasteiger partial charge in [-0.3, -0.25) is 9.59 Å². The van der Waals surface area contributed by atoms with E-state index in [-0.39, 0.29) is 18.8 Å². The average molecular weight is 403 g/mol. The standard InChI is InChI=1S/C21H23ClN2O4/c1-2-3-14-4-6-16(7-5-14)19(25)13-28-20(26)12-18(24-21(23)27)15-8-10-17(22)11-9-15/h4-11,18H,2-3,12-13H2,1H3,(H3,23,24,27)/t18-/m0/s1. The summed E-state index contributed by atoms with van der Waals surface area (Å²) in [7, 11) is 0. The van der Waals surface area contributed by atoms with E-state index in [0.29, 0.717) is 16.1 Å².